The third-order valence-electron chi connectivity index (χ3n) is 1.41. The van der Waals surface area contributed by atoms with E-state index in [1.165, 1.54) is 0 Å². The minimum atomic E-state index is 0.429. The summed E-state index contributed by atoms with van der Waals surface area (Å²) in [6.07, 6.45) is 6.86. The van der Waals surface area contributed by atoms with Gasteiger partial charge < -0.3 is 4.57 Å². The van der Waals surface area contributed by atoms with Crippen molar-refractivity contribution in [2.24, 2.45) is 0 Å². The maximum absolute atomic E-state index is 8.64. The molecule has 0 aromatic carbocycles. The minimum Gasteiger partial charge on any atom is -0.328 e. The van der Waals surface area contributed by atoms with Crippen molar-refractivity contribution in [3.8, 4) is 18.4 Å². The van der Waals surface area contributed by atoms with Gasteiger partial charge in [0, 0.05) is 6.20 Å². The third kappa shape index (κ3) is 1.25. The van der Waals surface area contributed by atoms with Gasteiger partial charge in [-0.1, -0.05) is 5.92 Å². The zero-order valence-corrected chi connectivity index (χ0v) is 6.04. The van der Waals surface area contributed by atoms with Crippen LogP contribution in [0, 0.1) is 30.6 Å². The van der Waals surface area contributed by atoms with E-state index in [0.29, 0.717) is 12.2 Å². The van der Waals surface area contributed by atoms with Crippen LogP contribution in [0.3, 0.4) is 0 Å². The summed E-state index contributed by atoms with van der Waals surface area (Å²) in [7, 11) is 0. The van der Waals surface area contributed by atoms with Crippen LogP contribution in [0.5, 0.6) is 0 Å². The van der Waals surface area contributed by atoms with Gasteiger partial charge in [-0.15, -0.1) is 6.42 Å². The Balaban J connectivity index is 3.10. The molecule has 0 bridgehead atoms. The summed E-state index contributed by atoms with van der Waals surface area (Å²) in [4.78, 5) is 0. The highest BCUT2D eigenvalue weighted by atomic mass is 15.0. The normalized spacial score (nSPS) is 8.64. The SMILES string of the molecule is C#CCn1ccc([CH2])c1C#N. The van der Waals surface area contributed by atoms with Crippen LogP contribution in [0.2, 0.25) is 0 Å². The van der Waals surface area contributed by atoms with Gasteiger partial charge in [0.1, 0.15) is 11.8 Å². The Kier molecular flexibility index (Phi) is 1.99. The molecule has 0 aliphatic carbocycles. The highest BCUT2D eigenvalue weighted by Crippen LogP contribution is 2.07. The molecular formula is C9H7N2. The van der Waals surface area contributed by atoms with Crippen LogP contribution in [0.25, 0.3) is 0 Å². The molecule has 0 amide bonds. The van der Waals surface area contributed by atoms with Crippen molar-refractivity contribution >= 4 is 0 Å². The molecule has 2 nitrogen and oxygen atoms in total. The van der Waals surface area contributed by atoms with Gasteiger partial charge in [0.25, 0.3) is 0 Å². The van der Waals surface area contributed by atoms with Crippen molar-refractivity contribution in [3.05, 3.63) is 30.4 Å². The number of terminal acetylenes is 1. The smallest absolute Gasteiger partial charge is 0.124 e. The Morgan fingerprint density at radius 1 is 1.73 bits per heavy atom. The highest BCUT2D eigenvalue weighted by molar-refractivity contribution is 5.35. The quantitative estimate of drug-likeness (QED) is 0.542. The predicted molar refractivity (Wildman–Crippen MR) is 42.4 cm³/mol. The first kappa shape index (κ1) is 7.44. The summed E-state index contributed by atoms with van der Waals surface area (Å²) in [6.45, 7) is 4.11. The summed E-state index contributed by atoms with van der Waals surface area (Å²) in [5, 5.41) is 8.64. The Bertz CT molecular complexity index is 333. The highest BCUT2D eigenvalue weighted by Gasteiger charge is 2.01. The van der Waals surface area contributed by atoms with Gasteiger partial charge in [-0.3, -0.25) is 0 Å². The predicted octanol–water partition coefficient (Wildman–Crippen LogP) is 1.18. The topological polar surface area (TPSA) is 28.7 Å². The molecular weight excluding hydrogens is 136 g/mol. The van der Waals surface area contributed by atoms with E-state index in [2.05, 4.69) is 12.8 Å². The van der Waals surface area contributed by atoms with E-state index in [0.717, 1.165) is 5.56 Å². The molecule has 1 aromatic rings. The fourth-order valence-electron chi connectivity index (χ4n) is 0.884. The zero-order chi connectivity index (χ0) is 8.27. The molecule has 0 aliphatic rings. The molecule has 0 N–H and O–H groups in total. The van der Waals surface area contributed by atoms with Crippen molar-refractivity contribution in [2.45, 2.75) is 6.54 Å². The molecule has 1 radical (unpaired) electrons. The molecule has 11 heavy (non-hydrogen) atoms. The van der Waals surface area contributed by atoms with Crippen molar-refractivity contribution in [1.29, 1.82) is 5.26 Å². The van der Waals surface area contributed by atoms with Crippen LogP contribution in [-0.2, 0) is 6.54 Å². The van der Waals surface area contributed by atoms with E-state index >= 15 is 0 Å². The van der Waals surface area contributed by atoms with E-state index < -0.39 is 0 Å². The third-order valence-corrected chi connectivity index (χ3v) is 1.41. The van der Waals surface area contributed by atoms with Crippen molar-refractivity contribution < 1.29 is 0 Å². The van der Waals surface area contributed by atoms with Crippen LogP contribution in [0.15, 0.2) is 12.3 Å². The summed E-state index contributed by atoms with van der Waals surface area (Å²) >= 11 is 0. The average molecular weight is 143 g/mol. The standard InChI is InChI=1S/C9H7N2/c1-3-5-11-6-4-8(2)9(11)7-10/h1,4,6H,2,5H2. The molecule has 0 spiro atoms. The van der Waals surface area contributed by atoms with Crippen molar-refractivity contribution in [2.75, 3.05) is 0 Å². The first-order valence-electron chi connectivity index (χ1n) is 3.14. The molecule has 1 aromatic heterocycles. The Hall–Kier alpha value is -1.67. The second-order valence-corrected chi connectivity index (χ2v) is 2.13. The van der Waals surface area contributed by atoms with E-state index in [1.54, 1.807) is 16.8 Å². The zero-order valence-electron chi connectivity index (χ0n) is 6.04. The van der Waals surface area contributed by atoms with Gasteiger partial charge in [-0.25, -0.2) is 0 Å². The Labute approximate surface area is 66.1 Å². The Morgan fingerprint density at radius 2 is 2.45 bits per heavy atom. The van der Waals surface area contributed by atoms with E-state index in [-0.39, 0.29) is 0 Å². The summed E-state index contributed by atoms with van der Waals surface area (Å²) in [6, 6.07) is 3.81. The van der Waals surface area contributed by atoms with Gasteiger partial charge in [0.2, 0.25) is 0 Å². The number of hydrogen-bond acceptors (Lipinski definition) is 1. The van der Waals surface area contributed by atoms with E-state index in [4.69, 9.17) is 11.7 Å². The Morgan fingerprint density at radius 3 is 3.00 bits per heavy atom. The molecule has 53 valence electrons. The summed E-state index contributed by atoms with van der Waals surface area (Å²) in [5.74, 6) is 2.46. The molecule has 2 heteroatoms. The molecule has 0 aliphatic heterocycles. The summed E-state index contributed by atoms with van der Waals surface area (Å²) in [5.41, 5.74) is 1.27. The molecule has 0 unspecified atom stereocenters. The van der Waals surface area contributed by atoms with Gasteiger partial charge in [-0.2, -0.15) is 5.26 Å². The maximum atomic E-state index is 8.64. The van der Waals surface area contributed by atoms with Crippen LogP contribution in [0.4, 0.5) is 0 Å². The largest absolute Gasteiger partial charge is 0.328 e. The molecule has 0 atom stereocenters. The monoisotopic (exact) mass is 143 g/mol. The van der Waals surface area contributed by atoms with Gasteiger partial charge >= 0.3 is 0 Å². The molecule has 1 heterocycles. The lowest BCUT2D eigenvalue weighted by Crippen LogP contribution is -1.96. The number of nitrogens with zero attached hydrogens (tertiary/aromatic N) is 2. The van der Waals surface area contributed by atoms with Gasteiger partial charge in [-0.05, 0) is 18.6 Å². The van der Waals surface area contributed by atoms with E-state index in [9.17, 15) is 0 Å². The van der Waals surface area contributed by atoms with Crippen LogP contribution < -0.4 is 0 Å². The van der Waals surface area contributed by atoms with Crippen molar-refractivity contribution in [3.63, 3.8) is 0 Å². The van der Waals surface area contributed by atoms with Gasteiger partial charge in [0.05, 0.1) is 6.54 Å². The van der Waals surface area contributed by atoms with E-state index in [1.807, 2.05) is 6.07 Å². The molecule has 0 saturated carbocycles. The second kappa shape index (κ2) is 2.94. The molecule has 0 fully saturated rings. The van der Waals surface area contributed by atoms with Crippen LogP contribution in [0.1, 0.15) is 11.3 Å². The first-order chi connectivity index (χ1) is 5.29. The lowest BCUT2D eigenvalue weighted by Gasteiger charge is -1.96. The first-order valence-corrected chi connectivity index (χ1v) is 3.14. The van der Waals surface area contributed by atoms with Crippen molar-refractivity contribution in [1.82, 2.24) is 4.57 Å². The minimum absolute atomic E-state index is 0.429. The second-order valence-electron chi connectivity index (χ2n) is 2.13. The number of hydrogen-bond donors (Lipinski definition) is 0. The average Bonchev–Trinajstić information content (AvgIpc) is 2.33. The fourth-order valence-corrected chi connectivity index (χ4v) is 0.884. The number of aromatic nitrogens is 1. The lowest BCUT2D eigenvalue weighted by atomic mass is 10.3. The lowest BCUT2D eigenvalue weighted by molar-refractivity contribution is 0.834. The molecule has 0 saturated heterocycles. The fraction of sp³-hybridized carbons (Fsp3) is 0.111. The maximum Gasteiger partial charge on any atom is 0.124 e. The van der Waals surface area contributed by atoms with Crippen LogP contribution in [-0.4, -0.2) is 4.57 Å². The van der Waals surface area contributed by atoms with Gasteiger partial charge in [0.15, 0.2) is 0 Å². The number of nitriles is 1. The molecule has 1 rings (SSSR count). The summed E-state index contributed by atoms with van der Waals surface area (Å²) < 4.78 is 1.70. The van der Waals surface area contributed by atoms with Crippen LogP contribution >= 0.6 is 0 Å². The number of rotatable bonds is 1.